The van der Waals surface area contributed by atoms with Crippen LogP contribution in [0.4, 0.5) is 0 Å². The maximum atomic E-state index is 12.3. The molecule has 1 fully saturated rings. The Labute approximate surface area is 120 Å². The number of ketones is 1. The fourth-order valence-corrected chi connectivity index (χ4v) is 2.71. The molecule has 1 aliphatic rings. The van der Waals surface area contributed by atoms with Crippen molar-refractivity contribution in [2.24, 2.45) is 0 Å². The average Bonchev–Trinajstić information content (AvgIpc) is 2.81. The predicted molar refractivity (Wildman–Crippen MR) is 78.8 cm³/mol. The zero-order chi connectivity index (χ0) is 14.5. The second kappa shape index (κ2) is 6.66. The maximum Gasteiger partial charge on any atom is 0.251 e. The molecule has 0 saturated carbocycles. The van der Waals surface area contributed by atoms with Gasteiger partial charge in [-0.25, -0.2) is 0 Å². The van der Waals surface area contributed by atoms with Crippen molar-refractivity contribution in [1.29, 1.82) is 0 Å². The minimum absolute atomic E-state index is 0.0702. The van der Waals surface area contributed by atoms with Crippen LogP contribution in [0.2, 0.25) is 0 Å². The van der Waals surface area contributed by atoms with Gasteiger partial charge in [0.05, 0.1) is 0 Å². The van der Waals surface area contributed by atoms with Crippen LogP contribution in [-0.4, -0.2) is 42.8 Å². The second-order valence-corrected chi connectivity index (χ2v) is 5.52. The molecule has 0 aliphatic carbocycles. The largest absolute Gasteiger partial charge is 0.350 e. The van der Waals surface area contributed by atoms with Crippen LogP contribution >= 0.6 is 0 Å². The van der Waals surface area contributed by atoms with Gasteiger partial charge >= 0.3 is 0 Å². The summed E-state index contributed by atoms with van der Waals surface area (Å²) in [6.45, 7) is 3.31. The van der Waals surface area contributed by atoms with Crippen molar-refractivity contribution in [3.63, 3.8) is 0 Å². The lowest BCUT2D eigenvalue weighted by atomic mass is 10.0. The predicted octanol–water partition coefficient (Wildman–Crippen LogP) is 1.64. The van der Waals surface area contributed by atoms with Gasteiger partial charge in [-0.05, 0) is 45.0 Å². The van der Waals surface area contributed by atoms with E-state index in [4.69, 9.17) is 0 Å². The second-order valence-electron chi connectivity index (χ2n) is 5.52. The SMILES string of the molecule is CC(=O)Cc1ccccc1C(=O)NCC1CCCN1C. The van der Waals surface area contributed by atoms with Crippen molar-refractivity contribution in [1.82, 2.24) is 10.2 Å². The number of likely N-dealkylation sites (N-methyl/N-ethyl adjacent to an activating group) is 1. The number of likely N-dealkylation sites (tertiary alicyclic amines) is 1. The van der Waals surface area contributed by atoms with Crippen LogP contribution in [0, 0.1) is 0 Å². The third-order valence-corrected chi connectivity index (χ3v) is 3.87. The number of Topliss-reactive ketones (excluding diaryl/α,β-unsaturated/α-hetero) is 1. The van der Waals surface area contributed by atoms with E-state index in [9.17, 15) is 9.59 Å². The van der Waals surface area contributed by atoms with Crippen LogP contribution in [0.5, 0.6) is 0 Å². The summed E-state index contributed by atoms with van der Waals surface area (Å²) in [4.78, 5) is 25.8. The minimum atomic E-state index is -0.0813. The van der Waals surface area contributed by atoms with Crippen LogP contribution in [0.25, 0.3) is 0 Å². The summed E-state index contributed by atoms with van der Waals surface area (Å²) in [7, 11) is 2.09. The van der Waals surface area contributed by atoms with Gasteiger partial charge in [-0.15, -0.1) is 0 Å². The van der Waals surface area contributed by atoms with Crippen molar-refractivity contribution in [3.05, 3.63) is 35.4 Å². The number of carbonyl (C=O) groups is 2. The van der Waals surface area contributed by atoms with E-state index in [-0.39, 0.29) is 11.7 Å². The highest BCUT2D eigenvalue weighted by Gasteiger charge is 2.21. The fourth-order valence-electron chi connectivity index (χ4n) is 2.71. The van der Waals surface area contributed by atoms with Crippen LogP contribution < -0.4 is 5.32 Å². The topological polar surface area (TPSA) is 49.4 Å². The molecule has 20 heavy (non-hydrogen) atoms. The lowest BCUT2D eigenvalue weighted by molar-refractivity contribution is -0.116. The third kappa shape index (κ3) is 3.67. The molecule has 1 saturated heterocycles. The molecule has 4 heteroatoms. The number of nitrogens with one attached hydrogen (secondary N) is 1. The van der Waals surface area contributed by atoms with Crippen LogP contribution in [0.1, 0.15) is 35.7 Å². The van der Waals surface area contributed by atoms with Crippen LogP contribution in [0.3, 0.4) is 0 Å². The summed E-state index contributed by atoms with van der Waals surface area (Å²) >= 11 is 0. The van der Waals surface area contributed by atoms with Crippen molar-refractivity contribution in [2.75, 3.05) is 20.1 Å². The van der Waals surface area contributed by atoms with Gasteiger partial charge in [-0.2, -0.15) is 0 Å². The van der Waals surface area contributed by atoms with Gasteiger partial charge in [0.1, 0.15) is 5.78 Å². The Morgan fingerprint density at radius 3 is 2.75 bits per heavy atom. The van der Waals surface area contributed by atoms with Crippen molar-refractivity contribution in [3.8, 4) is 0 Å². The third-order valence-electron chi connectivity index (χ3n) is 3.87. The summed E-state index contributed by atoms with van der Waals surface area (Å²) in [5.74, 6) is -0.0112. The highest BCUT2D eigenvalue weighted by Crippen LogP contribution is 2.14. The first-order valence-corrected chi connectivity index (χ1v) is 7.13. The number of hydrogen-bond acceptors (Lipinski definition) is 3. The molecular weight excluding hydrogens is 252 g/mol. The van der Waals surface area contributed by atoms with Crippen LogP contribution in [-0.2, 0) is 11.2 Å². The number of hydrogen-bond donors (Lipinski definition) is 1. The number of carbonyl (C=O) groups excluding carboxylic acids is 2. The lowest BCUT2D eigenvalue weighted by Gasteiger charge is -2.20. The molecule has 4 nitrogen and oxygen atoms in total. The Morgan fingerprint density at radius 1 is 1.35 bits per heavy atom. The van der Waals surface area contributed by atoms with Gasteiger partial charge in [-0.3, -0.25) is 9.59 Å². The summed E-state index contributed by atoms with van der Waals surface area (Å²) < 4.78 is 0. The molecule has 1 unspecified atom stereocenters. The Balaban J connectivity index is 2.00. The standard InChI is InChI=1S/C16H22N2O2/c1-12(19)10-13-6-3-4-8-15(13)16(20)17-11-14-7-5-9-18(14)2/h3-4,6,8,14H,5,7,9-11H2,1-2H3,(H,17,20). The van der Waals surface area contributed by atoms with E-state index < -0.39 is 0 Å². The molecular formula is C16H22N2O2. The molecule has 1 aromatic rings. The Kier molecular flexibility index (Phi) is 4.90. The quantitative estimate of drug-likeness (QED) is 0.888. The monoisotopic (exact) mass is 274 g/mol. The van der Waals surface area contributed by atoms with E-state index in [0.29, 0.717) is 24.6 Å². The smallest absolute Gasteiger partial charge is 0.251 e. The molecule has 1 heterocycles. The molecule has 1 amide bonds. The summed E-state index contributed by atoms with van der Waals surface area (Å²) in [6.07, 6.45) is 2.64. The first-order chi connectivity index (χ1) is 9.58. The maximum absolute atomic E-state index is 12.3. The van der Waals surface area contributed by atoms with Crippen LogP contribution in [0.15, 0.2) is 24.3 Å². The van der Waals surface area contributed by atoms with E-state index in [0.717, 1.165) is 18.5 Å². The van der Waals surface area contributed by atoms with E-state index in [1.165, 1.54) is 6.42 Å². The average molecular weight is 274 g/mol. The number of rotatable bonds is 5. The van der Waals surface area contributed by atoms with E-state index >= 15 is 0 Å². The minimum Gasteiger partial charge on any atom is -0.350 e. The molecule has 0 bridgehead atoms. The Bertz CT molecular complexity index is 499. The lowest BCUT2D eigenvalue weighted by Crippen LogP contribution is -2.38. The number of nitrogens with zero attached hydrogens (tertiary/aromatic N) is 1. The summed E-state index contributed by atoms with van der Waals surface area (Å²) in [5, 5.41) is 2.99. The van der Waals surface area contributed by atoms with E-state index in [2.05, 4.69) is 17.3 Å². The molecule has 1 N–H and O–H groups in total. The molecule has 0 radical (unpaired) electrons. The van der Waals surface area contributed by atoms with Gasteiger partial charge < -0.3 is 10.2 Å². The van der Waals surface area contributed by atoms with Crippen molar-refractivity contribution >= 4 is 11.7 Å². The first kappa shape index (κ1) is 14.7. The van der Waals surface area contributed by atoms with Gasteiger partial charge in [0, 0.05) is 24.6 Å². The van der Waals surface area contributed by atoms with Gasteiger partial charge in [-0.1, -0.05) is 18.2 Å². The van der Waals surface area contributed by atoms with E-state index in [1.807, 2.05) is 18.2 Å². The molecule has 108 valence electrons. The molecule has 1 aromatic carbocycles. The highest BCUT2D eigenvalue weighted by molar-refractivity contribution is 5.97. The van der Waals surface area contributed by atoms with Gasteiger partial charge in [0.2, 0.25) is 0 Å². The molecule has 1 aliphatic heterocycles. The normalized spacial score (nSPS) is 19.0. The number of amides is 1. The zero-order valence-electron chi connectivity index (χ0n) is 12.2. The fraction of sp³-hybridized carbons (Fsp3) is 0.500. The van der Waals surface area contributed by atoms with Crippen molar-refractivity contribution < 1.29 is 9.59 Å². The molecule has 0 aromatic heterocycles. The Morgan fingerprint density at radius 2 is 2.10 bits per heavy atom. The molecule has 1 atom stereocenters. The van der Waals surface area contributed by atoms with E-state index in [1.54, 1.807) is 13.0 Å². The Hall–Kier alpha value is -1.68. The van der Waals surface area contributed by atoms with Gasteiger partial charge in [0.15, 0.2) is 0 Å². The molecule has 2 rings (SSSR count). The highest BCUT2D eigenvalue weighted by atomic mass is 16.1. The van der Waals surface area contributed by atoms with Gasteiger partial charge in [0.25, 0.3) is 5.91 Å². The zero-order valence-corrected chi connectivity index (χ0v) is 12.2. The molecule has 0 spiro atoms. The first-order valence-electron chi connectivity index (χ1n) is 7.13. The van der Waals surface area contributed by atoms with Crippen molar-refractivity contribution in [2.45, 2.75) is 32.2 Å². The summed E-state index contributed by atoms with van der Waals surface area (Å²) in [6, 6.07) is 7.75. The summed E-state index contributed by atoms with van der Waals surface area (Å²) in [5.41, 5.74) is 1.42. The number of benzene rings is 1.